The van der Waals surface area contributed by atoms with E-state index in [9.17, 15) is 10.1 Å². The highest BCUT2D eigenvalue weighted by Gasteiger charge is 2.10. The molecule has 5 nitrogen and oxygen atoms in total. The lowest BCUT2D eigenvalue weighted by molar-refractivity contribution is -0.117. The molecule has 0 atom stereocenters. The average Bonchev–Trinajstić information content (AvgIpc) is 2.71. The lowest BCUT2D eigenvalue weighted by atomic mass is 10.1. The molecule has 2 rings (SSSR count). The quantitative estimate of drug-likeness (QED) is 0.396. The maximum absolute atomic E-state index is 12.2. The van der Waals surface area contributed by atoms with E-state index >= 15 is 0 Å². The summed E-state index contributed by atoms with van der Waals surface area (Å²) in [5.41, 5.74) is 1.78. The zero-order chi connectivity index (χ0) is 19.3. The first kappa shape index (κ1) is 20.2. The van der Waals surface area contributed by atoms with E-state index in [1.165, 1.54) is 0 Å². The molecule has 27 heavy (non-hydrogen) atoms. The molecule has 0 aliphatic rings. The number of nitrogens with one attached hydrogen (secondary N) is 1. The number of para-hydroxylation sites is 1. The van der Waals surface area contributed by atoms with Gasteiger partial charge in [-0.15, -0.1) is 0 Å². The topological polar surface area (TPSA) is 71.3 Å². The van der Waals surface area contributed by atoms with Crippen LogP contribution in [0.3, 0.4) is 0 Å². The minimum absolute atomic E-state index is 0.0437. The Morgan fingerprint density at radius 1 is 1.15 bits per heavy atom. The second-order valence-electron chi connectivity index (χ2n) is 5.79. The molecule has 1 N–H and O–H groups in total. The number of rotatable bonds is 10. The monoisotopic (exact) mass is 364 g/mol. The van der Waals surface area contributed by atoms with Crippen LogP contribution < -0.4 is 10.1 Å². The lowest BCUT2D eigenvalue weighted by Gasteiger charge is -2.10. The van der Waals surface area contributed by atoms with Gasteiger partial charge in [0, 0.05) is 25.3 Å². The van der Waals surface area contributed by atoms with Crippen molar-refractivity contribution >= 4 is 12.0 Å². The SMILES string of the molecule is CCOCCCNC(=O)/C(C#N)=C/c1ccccc1OCc1ccccc1. The van der Waals surface area contributed by atoms with Gasteiger partial charge in [0.15, 0.2) is 0 Å². The summed E-state index contributed by atoms with van der Waals surface area (Å²) in [6.07, 6.45) is 2.26. The molecular formula is C22H24N2O3. The third kappa shape index (κ3) is 6.96. The zero-order valence-electron chi connectivity index (χ0n) is 15.5. The van der Waals surface area contributed by atoms with Gasteiger partial charge in [-0.3, -0.25) is 4.79 Å². The molecule has 2 aromatic rings. The fourth-order valence-electron chi connectivity index (χ4n) is 2.39. The number of nitrogens with zero attached hydrogens (tertiary/aromatic N) is 1. The molecule has 0 radical (unpaired) electrons. The van der Waals surface area contributed by atoms with Crippen LogP contribution in [-0.4, -0.2) is 25.7 Å². The Morgan fingerprint density at radius 2 is 1.89 bits per heavy atom. The predicted octanol–water partition coefficient (Wildman–Crippen LogP) is 3.72. The van der Waals surface area contributed by atoms with Crippen molar-refractivity contribution in [3.05, 3.63) is 71.3 Å². The van der Waals surface area contributed by atoms with Gasteiger partial charge >= 0.3 is 0 Å². The van der Waals surface area contributed by atoms with Crippen LogP contribution in [0.5, 0.6) is 5.75 Å². The molecule has 0 saturated heterocycles. The molecule has 0 aliphatic heterocycles. The van der Waals surface area contributed by atoms with Crippen LogP contribution in [0.4, 0.5) is 0 Å². The van der Waals surface area contributed by atoms with Crippen LogP contribution >= 0.6 is 0 Å². The summed E-state index contributed by atoms with van der Waals surface area (Å²) in [6, 6.07) is 19.1. The van der Waals surface area contributed by atoms with Gasteiger partial charge in [0.25, 0.3) is 5.91 Å². The maximum atomic E-state index is 12.2. The summed E-state index contributed by atoms with van der Waals surface area (Å²) in [7, 11) is 0. The average molecular weight is 364 g/mol. The number of benzene rings is 2. The van der Waals surface area contributed by atoms with Gasteiger partial charge in [0.1, 0.15) is 24.0 Å². The van der Waals surface area contributed by atoms with Gasteiger partial charge in [0.05, 0.1) is 0 Å². The largest absolute Gasteiger partial charge is 0.488 e. The van der Waals surface area contributed by atoms with E-state index in [4.69, 9.17) is 9.47 Å². The molecule has 1 amide bonds. The Bertz CT molecular complexity index is 795. The number of hydrogen-bond acceptors (Lipinski definition) is 4. The van der Waals surface area contributed by atoms with Crippen molar-refractivity contribution in [2.45, 2.75) is 20.0 Å². The Balaban J connectivity index is 2.02. The first-order chi connectivity index (χ1) is 13.2. The molecular weight excluding hydrogens is 340 g/mol. The van der Waals surface area contributed by atoms with Crippen LogP contribution in [0.2, 0.25) is 0 Å². The van der Waals surface area contributed by atoms with Crippen molar-refractivity contribution in [1.82, 2.24) is 5.32 Å². The van der Waals surface area contributed by atoms with Crippen molar-refractivity contribution in [3.63, 3.8) is 0 Å². The van der Waals surface area contributed by atoms with Crippen molar-refractivity contribution in [2.24, 2.45) is 0 Å². The molecule has 0 bridgehead atoms. The molecule has 0 fully saturated rings. The van der Waals surface area contributed by atoms with E-state index in [1.807, 2.05) is 67.6 Å². The molecule has 0 spiro atoms. The van der Waals surface area contributed by atoms with Crippen LogP contribution in [0, 0.1) is 11.3 Å². The Labute approximate surface area is 160 Å². The highest BCUT2D eigenvalue weighted by molar-refractivity contribution is 6.01. The first-order valence-corrected chi connectivity index (χ1v) is 8.98. The number of carbonyl (C=O) groups is 1. The number of nitriles is 1. The Morgan fingerprint density at radius 3 is 2.63 bits per heavy atom. The van der Waals surface area contributed by atoms with Crippen LogP contribution in [0.1, 0.15) is 24.5 Å². The normalized spacial score (nSPS) is 10.9. The molecule has 0 unspecified atom stereocenters. The summed E-state index contributed by atoms with van der Waals surface area (Å²) in [4.78, 5) is 12.2. The van der Waals surface area contributed by atoms with Gasteiger partial charge in [-0.2, -0.15) is 5.26 Å². The van der Waals surface area contributed by atoms with Gasteiger partial charge in [-0.05, 0) is 31.1 Å². The van der Waals surface area contributed by atoms with Gasteiger partial charge in [-0.1, -0.05) is 48.5 Å². The molecule has 0 aromatic heterocycles. The molecule has 140 valence electrons. The van der Waals surface area contributed by atoms with Crippen molar-refractivity contribution in [3.8, 4) is 11.8 Å². The van der Waals surface area contributed by atoms with Crippen LogP contribution in [0.15, 0.2) is 60.2 Å². The van der Waals surface area contributed by atoms with Crippen molar-refractivity contribution in [1.29, 1.82) is 5.26 Å². The molecule has 0 heterocycles. The second kappa shape index (κ2) is 11.5. The van der Waals surface area contributed by atoms with Crippen molar-refractivity contribution in [2.75, 3.05) is 19.8 Å². The van der Waals surface area contributed by atoms with E-state index in [1.54, 1.807) is 6.08 Å². The minimum atomic E-state index is -0.396. The summed E-state index contributed by atoms with van der Waals surface area (Å²) in [5.74, 6) is 0.227. The Hall–Kier alpha value is -3.10. The zero-order valence-corrected chi connectivity index (χ0v) is 15.5. The fourth-order valence-corrected chi connectivity index (χ4v) is 2.39. The number of hydrogen-bond donors (Lipinski definition) is 1. The first-order valence-electron chi connectivity index (χ1n) is 8.98. The smallest absolute Gasteiger partial charge is 0.261 e. The van der Waals surface area contributed by atoms with Crippen molar-refractivity contribution < 1.29 is 14.3 Å². The second-order valence-corrected chi connectivity index (χ2v) is 5.79. The molecule has 0 saturated carbocycles. The summed E-state index contributed by atoms with van der Waals surface area (Å²) in [5, 5.41) is 12.1. The number of ether oxygens (including phenoxy) is 2. The number of carbonyl (C=O) groups excluding carboxylic acids is 1. The van der Waals surface area contributed by atoms with Crippen LogP contribution in [0.25, 0.3) is 6.08 Å². The Kier molecular flexibility index (Phi) is 8.61. The van der Waals surface area contributed by atoms with Gasteiger partial charge in [0.2, 0.25) is 0 Å². The molecule has 0 aliphatic carbocycles. The van der Waals surface area contributed by atoms with E-state index in [-0.39, 0.29) is 5.57 Å². The minimum Gasteiger partial charge on any atom is -0.488 e. The molecule has 2 aromatic carbocycles. The summed E-state index contributed by atoms with van der Waals surface area (Å²) >= 11 is 0. The van der Waals surface area contributed by atoms with Crippen LogP contribution in [-0.2, 0) is 16.1 Å². The third-order valence-electron chi connectivity index (χ3n) is 3.78. The highest BCUT2D eigenvalue weighted by Crippen LogP contribution is 2.22. The van der Waals surface area contributed by atoms with Gasteiger partial charge < -0.3 is 14.8 Å². The van der Waals surface area contributed by atoms with Gasteiger partial charge in [-0.25, -0.2) is 0 Å². The van der Waals surface area contributed by atoms with E-state index in [0.717, 1.165) is 5.56 Å². The number of amides is 1. The van der Waals surface area contributed by atoms with E-state index in [2.05, 4.69) is 5.32 Å². The summed E-state index contributed by atoms with van der Waals surface area (Å²) in [6.45, 7) is 4.03. The maximum Gasteiger partial charge on any atom is 0.261 e. The highest BCUT2D eigenvalue weighted by atomic mass is 16.5. The lowest BCUT2D eigenvalue weighted by Crippen LogP contribution is -2.26. The third-order valence-corrected chi connectivity index (χ3v) is 3.78. The molecule has 5 heteroatoms. The standard InChI is InChI=1S/C22H24N2O3/c1-2-26-14-8-13-24-22(25)20(16-23)15-19-11-6-7-12-21(19)27-17-18-9-4-3-5-10-18/h3-7,9-12,15H,2,8,13-14,17H2,1H3,(H,24,25)/b20-15+. The predicted molar refractivity (Wildman–Crippen MR) is 105 cm³/mol. The fraction of sp³-hybridized carbons (Fsp3) is 0.273. The van der Waals surface area contributed by atoms with E-state index in [0.29, 0.717) is 44.1 Å². The summed E-state index contributed by atoms with van der Waals surface area (Å²) < 4.78 is 11.1. The van der Waals surface area contributed by atoms with E-state index < -0.39 is 5.91 Å².